The molecule has 1 aliphatic carbocycles. The zero-order valence-electron chi connectivity index (χ0n) is 17.6. The predicted octanol–water partition coefficient (Wildman–Crippen LogP) is 1.75. The number of fused-ring (bicyclic) bond motifs is 1. The number of aliphatic hydroxyl groups excluding tert-OH is 2. The Kier molecular flexibility index (Phi) is 6.87. The van der Waals surface area contributed by atoms with Crippen LogP contribution in [0.2, 0.25) is 0 Å². The zero-order valence-corrected chi connectivity index (χ0v) is 18.4. The summed E-state index contributed by atoms with van der Waals surface area (Å²) in [5, 5.41) is 42.3. The van der Waals surface area contributed by atoms with Gasteiger partial charge in [0.2, 0.25) is 0 Å². The van der Waals surface area contributed by atoms with Crippen molar-refractivity contribution in [1.82, 2.24) is 25.0 Å². The Morgan fingerprint density at radius 1 is 1.22 bits per heavy atom. The van der Waals surface area contributed by atoms with Gasteiger partial charge in [0, 0.05) is 12.3 Å². The fourth-order valence-corrected chi connectivity index (χ4v) is 4.57. The Hall–Kier alpha value is -2.76. The second-order valence-corrected chi connectivity index (χ2v) is 8.86. The number of anilines is 1. The first-order valence-electron chi connectivity index (χ1n) is 10.6. The van der Waals surface area contributed by atoms with Gasteiger partial charge >= 0.3 is 5.97 Å². The van der Waals surface area contributed by atoms with E-state index < -0.39 is 30.1 Å². The summed E-state index contributed by atoms with van der Waals surface area (Å²) in [4.78, 5) is 20.6. The van der Waals surface area contributed by atoms with Crippen LogP contribution >= 0.6 is 11.8 Å². The minimum absolute atomic E-state index is 0.0360. The van der Waals surface area contributed by atoms with Crippen molar-refractivity contribution in [3.63, 3.8) is 0 Å². The molecule has 1 aromatic carbocycles. The maximum absolute atomic E-state index is 11.4. The molecule has 11 heteroatoms. The van der Waals surface area contributed by atoms with Gasteiger partial charge in [0.1, 0.15) is 6.10 Å². The first-order valence-corrected chi connectivity index (χ1v) is 11.6. The van der Waals surface area contributed by atoms with E-state index >= 15 is 0 Å². The summed E-state index contributed by atoms with van der Waals surface area (Å²) in [6.07, 6.45) is -0.873. The molecule has 2 aromatic heterocycles. The van der Waals surface area contributed by atoms with Gasteiger partial charge in [-0.2, -0.15) is 0 Å². The first-order chi connectivity index (χ1) is 15.5. The SMILES string of the molecule is CCCSc1nc(NCCc2ccccc2)c2nnn([C@@H]3C[C@H](C(=O)O)[C@@H](O)[C@H]3O)c2n1. The second kappa shape index (κ2) is 9.80. The Labute approximate surface area is 189 Å². The molecule has 0 amide bonds. The van der Waals surface area contributed by atoms with Crippen molar-refractivity contribution in [2.24, 2.45) is 5.92 Å². The highest BCUT2D eigenvalue weighted by molar-refractivity contribution is 7.99. The fraction of sp³-hybridized carbons (Fsp3) is 0.476. The van der Waals surface area contributed by atoms with E-state index in [4.69, 9.17) is 0 Å². The first kappa shape index (κ1) is 22.4. The number of nitrogens with zero attached hydrogens (tertiary/aromatic N) is 5. The number of carboxylic acid groups (broad SMARTS) is 1. The highest BCUT2D eigenvalue weighted by atomic mass is 32.2. The number of rotatable bonds is 9. The molecule has 0 radical (unpaired) electrons. The molecule has 3 aromatic rings. The van der Waals surface area contributed by atoms with E-state index in [1.807, 2.05) is 18.2 Å². The summed E-state index contributed by atoms with van der Waals surface area (Å²) < 4.78 is 1.42. The van der Waals surface area contributed by atoms with Crippen molar-refractivity contribution in [3.05, 3.63) is 35.9 Å². The van der Waals surface area contributed by atoms with Crippen LogP contribution in [0.5, 0.6) is 0 Å². The summed E-state index contributed by atoms with van der Waals surface area (Å²) >= 11 is 1.50. The number of hydrogen-bond donors (Lipinski definition) is 4. The Morgan fingerprint density at radius 2 is 2.00 bits per heavy atom. The van der Waals surface area contributed by atoms with E-state index in [1.54, 1.807) is 0 Å². The average molecular weight is 459 g/mol. The monoisotopic (exact) mass is 458 g/mol. The van der Waals surface area contributed by atoms with E-state index in [1.165, 1.54) is 22.0 Å². The van der Waals surface area contributed by atoms with Crippen molar-refractivity contribution >= 4 is 34.7 Å². The number of aliphatic carboxylic acids is 1. The van der Waals surface area contributed by atoms with E-state index in [-0.39, 0.29) is 6.42 Å². The van der Waals surface area contributed by atoms with Crippen LogP contribution in [0.1, 0.15) is 31.4 Å². The van der Waals surface area contributed by atoms with Crippen molar-refractivity contribution in [3.8, 4) is 0 Å². The number of benzene rings is 1. The third kappa shape index (κ3) is 4.54. The summed E-state index contributed by atoms with van der Waals surface area (Å²) in [6.45, 7) is 2.70. The van der Waals surface area contributed by atoms with Crippen molar-refractivity contribution in [2.45, 2.75) is 49.6 Å². The summed E-state index contributed by atoms with van der Waals surface area (Å²) in [6, 6.07) is 9.34. The Balaban J connectivity index is 1.64. The molecule has 0 spiro atoms. The quantitative estimate of drug-likeness (QED) is 0.276. The lowest BCUT2D eigenvalue weighted by Crippen LogP contribution is -2.32. The highest BCUT2D eigenvalue weighted by Crippen LogP contribution is 2.37. The van der Waals surface area contributed by atoms with Crippen molar-refractivity contribution < 1.29 is 20.1 Å². The van der Waals surface area contributed by atoms with Crippen LogP contribution in [0.15, 0.2) is 35.5 Å². The summed E-state index contributed by atoms with van der Waals surface area (Å²) in [5.74, 6) is -0.852. The highest BCUT2D eigenvalue weighted by Gasteiger charge is 2.47. The number of hydrogen-bond acceptors (Lipinski definition) is 9. The molecule has 0 saturated heterocycles. The van der Waals surface area contributed by atoms with Crippen LogP contribution in [0.3, 0.4) is 0 Å². The lowest BCUT2D eigenvalue weighted by atomic mass is 10.1. The molecule has 4 atom stereocenters. The smallest absolute Gasteiger partial charge is 0.309 e. The van der Waals surface area contributed by atoms with Gasteiger partial charge in [-0.05, 0) is 24.8 Å². The molecule has 1 aliphatic rings. The minimum atomic E-state index is -1.38. The van der Waals surface area contributed by atoms with Crippen molar-refractivity contribution in [1.29, 1.82) is 0 Å². The number of carboxylic acids is 1. The normalized spacial score (nSPS) is 23.0. The molecule has 1 fully saturated rings. The molecule has 0 aliphatic heterocycles. The number of nitrogens with one attached hydrogen (secondary N) is 1. The molecule has 0 unspecified atom stereocenters. The maximum Gasteiger partial charge on any atom is 0.309 e. The Bertz CT molecular complexity index is 1080. The zero-order chi connectivity index (χ0) is 22.7. The number of aliphatic hydroxyl groups is 2. The lowest BCUT2D eigenvalue weighted by molar-refractivity contribution is -0.145. The molecular formula is C21H26N6O4S. The molecule has 0 bridgehead atoms. The average Bonchev–Trinajstić information content (AvgIpc) is 3.34. The molecule has 170 valence electrons. The van der Waals surface area contributed by atoms with E-state index in [0.29, 0.717) is 28.7 Å². The largest absolute Gasteiger partial charge is 0.481 e. The minimum Gasteiger partial charge on any atom is -0.481 e. The second-order valence-electron chi connectivity index (χ2n) is 7.80. The maximum atomic E-state index is 11.4. The summed E-state index contributed by atoms with van der Waals surface area (Å²) in [7, 11) is 0. The van der Waals surface area contributed by atoms with Crippen LogP contribution in [-0.4, -0.2) is 70.8 Å². The van der Waals surface area contributed by atoms with Gasteiger partial charge in [-0.3, -0.25) is 4.79 Å². The molecule has 4 rings (SSSR count). The third-order valence-electron chi connectivity index (χ3n) is 5.57. The third-order valence-corrected chi connectivity index (χ3v) is 6.62. The van der Waals surface area contributed by atoms with E-state index in [0.717, 1.165) is 18.6 Å². The molecular weight excluding hydrogens is 432 g/mol. The number of aromatic nitrogens is 5. The topological polar surface area (TPSA) is 146 Å². The predicted molar refractivity (Wildman–Crippen MR) is 120 cm³/mol. The van der Waals surface area contributed by atoms with E-state index in [9.17, 15) is 20.1 Å². The van der Waals surface area contributed by atoms with Gasteiger partial charge in [0.25, 0.3) is 0 Å². The fourth-order valence-electron chi connectivity index (χ4n) is 3.88. The van der Waals surface area contributed by atoms with Crippen LogP contribution in [0.4, 0.5) is 5.82 Å². The van der Waals surface area contributed by atoms with Gasteiger partial charge in [-0.1, -0.05) is 54.2 Å². The number of thioether (sulfide) groups is 1. The molecule has 32 heavy (non-hydrogen) atoms. The molecule has 1 saturated carbocycles. The number of carbonyl (C=O) groups is 1. The molecule has 4 N–H and O–H groups in total. The summed E-state index contributed by atoms with van der Waals surface area (Å²) in [5.41, 5.74) is 2.04. The van der Waals surface area contributed by atoms with Gasteiger partial charge in [0.15, 0.2) is 22.1 Å². The van der Waals surface area contributed by atoms with Gasteiger partial charge in [-0.25, -0.2) is 14.6 Å². The van der Waals surface area contributed by atoms with Gasteiger partial charge in [0.05, 0.1) is 18.1 Å². The standard InChI is InChI=1S/C21H26N6O4S/c1-2-10-32-21-23-18(22-9-8-12-6-4-3-5-7-12)15-19(24-21)27(26-25-15)14-11-13(20(30)31)16(28)17(14)29/h3-7,13-14,16-17,28-29H,2,8-11H2,1H3,(H,30,31)(H,22,23,24)/t13-,14+,16+,17-/m0/s1. The Morgan fingerprint density at radius 3 is 2.69 bits per heavy atom. The molecule has 10 nitrogen and oxygen atoms in total. The lowest BCUT2D eigenvalue weighted by Gasteiger charge is -2.16. The molecule has 2 heterocycles. The van der Waals surface area contributed by atoms with Gasteiger partial charge < -0.3 is 20.6 Å². The van der Waals surface area contributed by atoms with Crippen LogP contribution < -0.4 is 5.32 Å². The van der Waals surface area contributed by atoms with Crippen LogP contribution in [0.25, 0.3) is 11.2 Å². The van der Waals surface area contributed by atoms with Crippen LogP contribution in [0, 0.1) is 5.92 Å². The van der Waals surface area contributed by atoms with E-state index in [2.05, 4.69) is 44.7 Å². The van der Waals surface area contributed by atoms with Crippen molar-refractivity contribution in [2.75, 3.05) is 17.6 Å². The van der Waals surface area contributed by atoms with Crippen LogP contribution in [-0.2, 0) is 11.2 Å². The van der Waals surface area contributed by atoms with Gasteiger partial charge in [-0.15, -0.1) is 5.10 Å².